The quantitative estimate of drug-likeness (QED) is 0.787. The fourth-order valence-corrected chi connectivity index (χ4v) is 3.61. The Hall–Kier alpha value is -2.37. The Balaban J connectivity index is 1.75. The minimum atomic E-state index is 0.766. The third-order valence-electron chi connectivity index (χ3n) is 5.35. The molecule has 0 unspecified atom stereocenters. The van der Waals surface area contributed by atoms with Crippen LogP contribution in [0.1, 0.15) is 18.2 Å². The van der Waals surface area contributed by atoms with Crippen LogP contribution in [0.4, 0.5) is 5.69 Å². The van der Waals surface area contributed by atoms with Gasteiger partial charge in [-0.25, -0.2) is 4.98 Å². The Morgan fingerprint density at radius 3 is 2.42 bits per heavy atom. The summed E-state index contributed by atoms with van der Waals surface area (Å²) in [5, 5.41) is 0. The van der Waals surface area contributed by atoms with Gasteiger partial charge in [0.2, 0.25) is 0 Å². The van der Waals surface area contributed by atoms with E-state index in [1.54, 1.807) is 0 Å². The summed E-state index contributed by atoms with van der Waals surface area (Å²) in [6.45, 7) is 7.46. The number of hydrogen-bond acceptors (Lipinski definition) is 4. The molecule has 4 rings (SSSR count). The van der Waals surface area contributed by atoms with Crippen LogP contribution < -0.4 is 5.73 Å². The standard InChI is InChI=1S/C21H27N5/c1-3-16-4-6-17(7-5-16)21-19(15-25-12-10-24(2)11-13-25)26-14-18(22)8-9-20(26)23-21/h4-9,14H,3,10-13,15,22H2,1-2H3. The molecule has 3 heterocycles. The second-order valence-corrected chi connectivity index (χ2v) is 7.23. The number of nitrogen functional groups attached to an aromatic ring is 1. The predicted molar refractivity (Wildman–Crippen MR) is 107 cm³/mol. The predicted octanol–water partition coefficient (Wildman–Crippen LogP) is 2.89. The number of rotatable bonds is 4. The second kappa shape index (κ2) is 7.09. The van der Waals surface area contributed by atoms with Crippen LogP contribution in [0.25, 0.3) is 16.9 Å². The first kappa shape index (κ1) is 17.1. The third-order valence-corrected chi connectivity index (χ3v) is 5.35. The van der Waals surface area contributed by atoms with E-state index in [1.165, 1.54) is 16.8 Å². The summed E-state index contributed by atoms with van der Waals surface area (Å²) in [5.74, 6) is 0. The number of pyridine rings is 1. The molecule has 1 aliphatic rings. The average molecular weight is 349 g/mol. The zero-order chi connectivity index (χ0) is 18.1. The summed E-state index contributed by atoms with van der Waals surface area (Å²) in [5.41, 5.74) is 12.6. The van der Waals surface area contributed by atoms with E-state index < -0.39 is 0 Å². The number of benzene rings is 1. The smallest absolute Gasteiger partial charge is 0.137 e. The van der Waals surface area contributed by atoms with Crippen LogP contribution in [0.2, 0.25) is 0 Å². The third kappa shape index (κ3) is 3.32. The van der Waals surface area contributed by atoms with Gasteiger partial charge in [-0.3, -0.25) is 4.90 Å². The monoisotopic (exact) mass is 349 g/mol. The number of piperazine rings is 1. The maximum absolute atomic E-state index is 6.06. The van der Waals surface area contributed by atoms with Crippen LogP contribution in [-0.4, -0.2) is 52.4 Å². The zero-order valence-electron chi connectivity index (χ0n) is 15.7. The molecular weight excluding hydrogens is 322 g/mol. The highest BCUT2D eigenvalue weighted by molar-refractivity contribution is 5.67. The number of aryl methyl sites for hydroxylation is 1. The summed E-state index contributed by atoms with van der Waals surface area (Å²) in [4.78, 5) is 9.82. The number of nitrogens with zero attached hydrogens (tertiary/aromatic N) is 4. The van der Waals surface area contributed by atoms with E-state index in [1.807, 2.05) is 18.3 Å². The first-order chi connectivity index (χ1) is 12.6. The van der Waals surface area contributed by atoms with Crippen LogP contribution in [0.3, 0.4) is 0 Å². The molecule has 0 spiro atoms. The number of fused-ring (bicyclic) bond motifs is 1. The first-order valence-corrected chi connectivity index (χ1v) is 9.40. The topological polar surface area (TPSA) is 49.8 Å². The molecule has 0 amide bonds. The molecule has 26 heavy (non-hydrogen) atoms. The second-order valence-electron chi connectivity index (χ2n) is 7.23. The molecule has 136 valence electrons. The largest absolute Gasteiger partial charge is 0.398 e. The molecule has 1 aliphatic heterocycles. The van der Waals surface area contributed by atoms with E-state index in [9.17, 15) is 0 Å². The minimum Gasteiger partial charge on any atom is -0.398 e. The summed E-state index contributed by atoms with van der Waals surface area (Å²) < 4.78 is 2.16. The van der Waals surface area contributed by atoms with Crippen molar-refractivity contribution in [1.82, 2.24) is 19.2 Å². The van der Waals surface area contributed by atoms with Crippen molar-refractivity contribution < 1.29 is 0 Å². The first-order valence-electron chi connectivity index (χ1n) is 9.40. The van der Waals surface area contributed by atoms with Gasteiger partial charge in [0.1, 0.15) is 5.65 Å². The van der Waals surface area contributed by atoms with Crippen molar-refractivity contribution in [1.29, 1.82) is 0 Å². The lowest BCUT2D eigenvalue weighted by molar-refractivity contribution is 0.147. The molecule has 1 aromatic carbocycles. The van der Waals surface area contributed by atoms with Gasteiger partial charge < -0.3 is 15.0 Å². The average Bonchev–Trinajstić information content (AvgIpc) is 3.01. The van der Waals surface area contributed by atoms with Crippen LogP contribution in [-0.2, 0) is 13.0 Å². The fraction of sp³-hybridized carbons (Fsp3) is 0.381. The van der Waals surface area contributed by atoms with Gasteiger partial charge in [-0.1, -0.05) is 31.2 Å². The maximum atomic E-state index is 6.06. The highest BCUT2D eigenvalue weighted by Crippen LogP contribution is 2.27. The van der Waals surface area contributed by atoms with E-state index in [2.05, 4.69) is 52.4 Å². The molecule has 0 atom stereocenters. The molecule has 3 aromatic rings. The molecule has 2 N–H and O–H groups in total. The fourth-order valence-electron chi connectivity index (χ4n) is 3.61. The number of likely N-dealkylation sites (N-methyl/N-ethyl adjacent to an activating group) is 1. The van der Waals surface area contributed by atoms with Crippen LogP contribution in [0.15, 0.2) is 42.6 Å². The SMILES string of the molecule is CCc1ccc(-c2nc3ccc(N)cn3c2CN2CCN(C)CC2)cc1. The lowest BCUT2D eigenvalue weighted by Crippen LogP contribution is -2.44. The highest BCUT2D eigenvalue weighted by atomic mass is 15.3. The van der Waals surface area contributed by atoms with E-state index in [4.69, 9.17) is 10.7 Å². The highest BCUT2D eigenvalue weighted by Gasteiger charge is 2.20. The van der Waals surface area contributed by atoms with Crippen LogP contribution in [0.5, 0.6) is 0 Å². The van der Waals surface area contributed by atoms with Gasteiger partial charge >= 0.3 is 0 Å². The van der Waals surface area contributed by atoms with E-state index in [0.717, 1.165) is 56.2 Å². The van der Waals surface area contributed by atoms with E-state index >= 15 is 0 Å². The molecule has 0 radical (unpaired) electrons. The number of anilines is 1. The number of imidazole rings is 1. The van der Waals surface area contributed by atoms with Gasteiger partial charge in [-0.15, -0.1) is 0 Å². The summed E-state index contributed by atoms with van der Waals surface area (Å²) in [7, 11) is 2.19. The lowest BCUT2D eigenvalue weighted by atomic mass is 10.1. The van der Waals surface area contributed by atoms with Crippen LogP contribution in [0, 0.1) is 0 Å². The van der Waals surface area contributed by atoms with Gasteiger partial charge in [0.25, 0.3) is 0 Å². The Kier molecular flexibility index (Phi) is 4.66. The summed E-state index contributed by atoms with van der Waals surface area (Å²) in [6.07, 6.45) is 3.05. The van der Waals surface area contributed by atoms with Crippen molar-refractivity contribution in [2.75, 3.05) is 39.0 Å². The summed E-state index contributed by atoms with van der Waals surface area (Å²) in [6, 6.07) is 12.7. The van der Waals surface area contributed by atoms with Crippen molar-refractivity contribution >= 4 is 11.3 Å². The van der Waals surface area contributed by atoms with Crippen molar-refractivity contribution in [3.63, 3.8) is 0 Å². The van der Waals surface area contributed by atoms with Crippen molar-refractivity contribution in [3.05, 3.63) is 53.9 Å². The minimum absolute atomic E-state index is 0.766. The van der Waals surface area contributed by atoms with E-state index in [-0.39, 0.29) is 0 Å². The number of nitrogens with two attached hydrogens (primary N) is 1. The number of hydrogen-bond donors (Lipinski definition) is 1. The lowest BCUT2D eigenvalue weighted by Gasteiger charge is -2.32. The summed E-state index contributed by atoms with van der Waals surface area (Å²) >= 11 is 0. The molecule has 0 saturated carbocycles. The molecule has 0 aliphatic carbocycles. The Labute approximate surface area is 155 Å². The molecular formula is C21H27N5. The Morgan fingerprint density at radius 2 is 1.73 bits per heavy atom. The molecule has 5 heteroatoms. The van der Waals surface area contributed by atoms with E-state index in [0.29, 0.717) is 0 Å². The van der Waals surface area contributed by atoms with Gasteiger partial charge in [0, 0.05) is 50.2 Å². The van der Waals surface area contributed by atoms with Crippen molar-refractivity contribution in [2.24, 2.45) is 0 Å². The number of aromatic nitrogens is 2. The molecule has 0 bridgehead atoms. The van der Waals surface area contributed by atoms with Crippen molar-refractivity contribution in [3.8, 4) is 11.3 Å². The Morgan fingerprint density at radius 1 is 1.00 bits per heavy atom. The van der Waals surface area contributed by atoms with Crippen LogP contribution >= 0.6 is 0 Å². The zero-order valence-corrected chi connectivity index (χ0v) is 15.7. The van der Waals surface area contributed by atoms with Gasteiger partial charge in [-0.2, -0.15) is 0 Å². The molecule has 1 saturated heterocycles. The molecule has 5 nitrogen and oxygen atoms in total. The maximum Gasteiger partial charge on any atom is 0.137 e. The van der Waals surface area contributed by atoms with Gasteiger partial charge in [-0.05, 0) is 31.2 Å². The van der Waals surface area contributed by atoms with Gasteiger partial charge in [0.05, 0.1) is 11.4 Å². The van der Waals surface area contributed by atoms with Crippen molar-refractivity contribution in [2.45, 2.75) is 19.9 Å². The Bertz CT molecular complexity index is 889. The molecule has 1 fully saturated rings. The van der Waals surface area contributed by atoms with Gasteiger partial charge in [0.15, 0.2) is 0 Å². The molecule has 2 aromatic heterocycles. The normalized spacial score (nSPS) is 16.4.